The van der Waals surface area contributed by atoms with Crippen LogP contribution in [0.3, 0.4) is 0 Å². The molecule has 0 spiro atoms. The fraction of sp³-hybridized carbons (Fsp3) is 0.250. The first-order chi connectivity index (χ1) is 15.5. The van der Waals surface area contributed by atoms with E-state index in [-0.39, 0.29) is 36.9 Å². The quantitative estimate of drug-likeness (QED) is 0.601. The lowest BCUT2D eigenvalue weighted by Gasteiger charge is -2.17. The van der Waals surface area contributed by atoms with Crippen LogP contribution in [-0.4, -0.2) is 35.2 Å². The van der Waals surface area contributed by atoms with E-state index in [9.17, 15) is 14.4 Å². The molecule has 8 heteroatoms. The molecule has 3 aromatic rings. The van der Waals surface area contributed by atoms with E-state index in [0.29, 0.717) is 28.8 Å². The Morgan fingerprint density at radius 2 is 1.91 bits per heavy atom. The number of terminal acetylenes is 1. The van der Waals surface area contributed by atoms with Gasteiger partial charge in [-0.1, -0.05) is 24.1 Å². The summed E-state index contributed by atoms with van der Waals surface area (Å²) in [5.74, 6) is 2.29. The number of amides is 2. The van der Waals surface area contributed by atoms with Gasteiger partial charge >= 0.3 is 0 Å². The highest BCUT2D eigenvalue weighted by atomic mass is 16.5. The number of rotatable bonds is 6. The predicted molar refractivity (Wildman–Crippen MR) is 120 cm³/mol. The van der Waals surface area contributed by atoms with Crippen LogP contribution >= 0.6 is 0 Å². The average molecular weight is 430 g/mol. The van der Waals surface area contributed by atoms with Crippen molar-refractivity contribution in [1.29, 1.82) is 0 Å². The summed E-state index contributed by atoms with van der Waals surface area (Å²) in [5, 5.41) is 8.36. The largest absolute Gasteiger partial charge is 0.497 e. The van der Waals surface area contributed by atoms with E-state index in [1.165, 1.54) is 4.68 Å². The van der Waals surface area contributed by atoms with Gasteiger partial charge in [-0.15, -0.1) is 6.42 Å². The number of benzene rings is 2. The summed E-state index contributed by atoms with van der Waals surface area (Å²) in [6.07, 6.45) is 5.48. The van der Waals surface area contributed by atoms with Crippen LogP contribution in [-0.2, 0) is 22.7 Å². The van der Waals surface area contributed by atoms with Crippen molar-refractivity contribution in [2.45, 2.75) is 19.5 Å². The van der Waals surface area contributed by atoms with E-state index in [1.54, 1.807) is 54.5 Å². The Bertz CT molecular complexity index is 1270. The Kier molecular flexibility index (Phi) is 5.90. The summed E-state index contributed by atoms with van der Waals surface area (Å²) in [6.45, 7) is 0.456. The third-order valence-corrected chi connectivity index (χ3v) is 5.50. The Morgan fingerprint density at radius 1 is 1.19 bits per heavy atom. The summed E-state index contributed by atoms with van der Waals surface area (Å²) in [6, 6.07) is 14.2. The minimum Gasteiger partial charge on any atom is -0.497 e. The predicted octanol–water partition coefficient (Wildman–Crippen LogP) is 1.71. The number of methoxy groups -OCH3 is 1. The van der Waals surface area contributed by atoms with Crippen molar-refractivity contribution >= 4 is 28.3 Å². The van der Waals surface area contributed by atoms with Crippen LogP contribution < -0.4 is 20.5 Å². The van der Waals surface area contributed by atoms with Gasteiger partial charge in [-0.3, -0.25) is 14.4 Å². The van der Waals surface area contributed by atoms with Crippen LogP contribution in [0, 0.1) is 18.3 Å². The van der Waals surface area contributed by atoms with Crippen molar-refractivity contribution in [3.63, 3.8) is 0 Å². The number of hydrogen-bond donors (Lipinski definition) is 1. The van der Waals surface area contributed by atoms with E-state index < -0.39 is 5.92 Å². The molecule has 1 fully saturated rings. The summed E-state index contributed by atoms with van der Waals surface area (Å²) in [7, 11) is 1.58. The summed E-state index contributed by atoms with van der Waals surface area (Å²) in [5.41, 5.74) is 0.991. The van der Waals surface area contributed by atoms with Crippen molar-refractivity contribution in [2.75, 3.05) is 18.6 Å². The average Bonchev–Trinajstić information content (AvgIpc) is 3.21. The zero-order chi connectivity index (χ0) is 22.7. The number of fused-ring (bicyclic) bond motifs is 1. The van der Waals surface area contributed by atoms with Crippen molar-refractivity contribution in [3.05, 3.63) is 64.6 Å². The molecular weight excluding hydrogens is 408 g/mol. The Balaban J connectivity index is 1.49. The zero-order valence-corrected chi connectivity index (χ0v) is 17.6. The standard InChI is InChI=1S/C24H22N4O4/c1-3-12-28-24(31)20-7-5-4-6-19(20)21(26-28)14-25-23(30)16-13-22(29)27(15-16)17-8-10-18(32-2)11-9-17/h1,4-11,16H,12-15H2,2H3,(H,25,30). The number of nitrogens with zero attached hydrogens (tertiary/aromatic N) is 3. The highest BCUT2D eigenvalue weighted by molar-refractivity contribution is 6.00. The number of nitrogens with one attached hydrogen (secondary N) is 1. The second-order valence-corrected chi connectivity index (χ2v) is 7.48. The molecular formula is C24H22N4O4. The van der Waals surface area contributed by atoms with Gasteiger partial charge in [-0.05, 0) is 30.3 Å². The number of aromatic nitrogens is 2. The zero-order valence-electron chi connectivity index (χ0n) is 17.6. The van der Waals surface area contributed by atoms with Crippen molar-refractivity contribution in [3.8, 4) is 18.1 Å². The van der Waals surface area contributed by atoms with Crippen molar-refractivity contribution in [1.82, 2.24) is 15.1 Å². The highest BCUT2D eigenvalue weighted by Crippen LogP contribution is 2.27. The first-order valence-electron chi connectivity index (χ1n) is 10.2. The van der Waals surface area contributed by atoms with Gasteiger partial charge in [0.2, 0.25) is 11.8 Å². The highest BCUT2D eigenvalue weighted by Gasteiger charge is 2.35. The molecule has 1 aliphatic rings. The summed E-state index contributed by atoms with van der Waals surface area (Å²) in [4.78, 5) is 39.4. The van der Waals surface area contributed by atoms with Gasteiger partial charge in [0.1, 0.15) is 12.3 Å². The maximum absolute atomic E-state index is 12.8. The van der Waals surface area contributed by atoms with E-state index in [4.69, 9.17) is 11.2 Å². The lowest BCUT2D eigenvalue weighted by Crippen LogP contribution is -2.34. The molecule has 1 N–H and O–H groups in total. The molecule has 32 heavy (non-hydrogen) atoms. The fourth-order valence-corrected chi connectivity index (χ4v) is 3.84. The van der Waals surface area contributed by atoms with Crippen LogP contribution in [0.2, 0.25) is 0 Å². The molecule has 1 unspecified atom stereocenters. The molecule has 0 aliphatic carbocycles. The first kappa shape index (κ1) is 21.1. The minimum absolute atomic E-state index is 0.0402. The number of hydrogen-bond acceptors (Lipinski definition) is 5. The molecule has 2 heterocycles. The fourth-order valence-electron chi connectivity index (χ4n) is 3.84. The van der Waals surface area contributed by atoms with Crippen LogP contribution in [0.5, 0.6) is 5.75 Å². The van der Waals surface area contributed by atoms with Crippen LogP contribution in [0.1, 0.15) is 12.1 Å². The Labute approximate surface area is 184 Å². The van der Waals surface area contributed by atoms with Gasteiger partial charge in [0.05, 0.1) is 30.7 Å². The van der Waals surface area contributed by atoms with Gasteiger partial charge in [0.15, 0.2) is 0 Å². The second kappa shape index (κ2) is 8.94. The maximum atomic E-state index is 12.8. The SMILES string of the molecule is C#CCn1nc(CNC(=O)C2CC(=O)N(c3ccc(OC)cc3)C2)c2ccccc2c1=O. The summed E-state index contributed by atoms with van der Waals surface area (Å²) < 4.78 is 6.36. The van der Waals surface area contributed by atoms with Gasteiger partial charge in [-0.2, -0.15) is 5.10 Å². The molecule has 8 nitrogen and oxygen atoms in total. The van der Waals surface area contributed by atoms with E-state index in [0.717, 1.165) is 5.69 Å². The van der Waals surface area contributed by atoms with Crippen molar-refractivity contribution in [2.24, 2.45) is 5.92 Å². The number of carbonyl (C=O) groups is 2. The van der Waals surface area contributed by atoms with Gasteiger partial charge in [-0.25, -0.2) is 4.68 Å². The summed E-state index contributed by atoms with van der Waals surface area (Å²) >= 11 is 0. The molecule has 1 aliphatic heterocycles. The van der Waals surface area contributed by atoms with Crippen LogP contribution in [0.25, 0.3) is 10.8 Å². The number of ether oxygens (including phenoxy) is 1. The molecule has 1 aromatic heterocycles. The lowest BCUT2D eigenvalue weighted by atomic mass is 10.1. The number of carbonyl (C=O) groups excluding carboxylic acids is 2. The molecule has 2 aromatic carbocycles. The van der Waals surface area contributed by atoms with E-state index in [1.807, 2.05) is 6.07 Å². The smallest absolute Gasteiger partial charge is 0.275 e. The minimum atomic E-state index is -0.479. The van der Waals surface area contributed by atoms with Crippen LogP contribution in [0.4, 0.5) is 5.69 Å². The third kappa shape index (κ3) is 4.05. The topological polar surface area (TPSA) is 93.5 Å². The monoisotopic (exact) mass is 430 g/mol. The van der Waals surface area contributed by atoms with Gasteiger partial charge in [0, 0.05) is 24.0 Å². The van der Waals surface area contributed by atoms with Crippen LogP contribution in [0.15, 0.2) is 53.3 Å². The number of anilines is 1. The first-order valence-corrected chi connectivity index (χ1v) is 10.2. The molecule has 162 valence electrons. The molecule has 0 radical (unpaired) electrons. The maximum Gasteiger partial charge on any atom is 0.275 e. The van der Waals surface area contributed by atoms with E-state index in [2.05, 4.69) is 16.3 Å². The second-order valence-electron chi connectivity index (χ2n) is 7.48. The molecule has 4 rings (SSSR count). The molecule has 1 atom stereocenters. The van der Waals surface area contributed by atoms with Gasteiger partial charge < -0.3 is 15.0 Å². The Morgan fingerprint density at radius 3 is 2.59 bits per heavy atom. The lowest BCUT2D eigenvalue weighted by molar-refractivity contribution is -0.126. The third-order valence-electron chi connectivity index (χ3n) is 5.50. The van der Waals surface area contributed by atoms with E-state index >= 15 is 0 Å². The molecule has 0 bridgehead atoms. The van der Waals surface area contributed by atoms with Gasteiger partial charge in [0.25, 0.3) is 5.56 Å². The Hall–Kier alpha value is -4.12. The molecule has 0 saturated carbocycles. The molecule has 1 saturated heterocycles. The normalized spacial score (nSPS) is 15.6. The van der Waals surface area contributed by atoms with Crippen molar-refractivity contribution < 1.29 is 14.3 Å². The molecule has 2 amide bonds.